The van der Waals surface area contributed by atoms with Gasteiger partial charge in [0.1, 0.15) is 10.9 Å². The van der Waals surface area contributed by atoms with Crippen LogP contribution in [0, 0.1) is 11.3 Å². The number of aromatic nitrogens is 3. The minimum Gasteiger partial charge on any atom is -0.297 e. The molecule has 4 nitrogen and oxygen atoms in total. The van der Waals surface area contributed by atoms with Gasteiger partial charge < -0.3 is 0 Å². The quantitative estimate of drug-likeness (QED) is 0.567. The standard InChI is InChI=1S/C14H8N4S2/c15-7-9(11-8-18-5-6-19-14(18)17-11)13-16-10-3-1-2-4-12(10)20-13/h1-6,8-9H. The molecule has 3 aromatic heterocycles. The van der Waals surface area contributed by atoms with Gasteiger partial charge in [0.05, 0.1) is 22.0 Å². The number of hydrogen-bond acceptors (Lipinski definition) is 5. The van der Waals surface area contributed by atoms with E-state index in [9.17, 15) is 5.26 Å². The van der Waals surface area contributed by atoms with Crippen LogP contribution in [0.4, 0.5) is 0 Å². The molecular weight excluding hydrogens is 288 g/mol. The lowest BCUT2D eigenvalue weighted by Gasteiger charge is -1.99. The Balaban J connectivity index is 1.85. The summed E-state index contributed by atoms with van der Waals surface area (Å²) in [5.41, 5.74) is 1.70. The van der Waals surface area contributed by atoms with E-state index in [-0.39, 0.29) is 0 Å². The molecule has 0 N–H and O–H groups in total. The second-order valence-corrected chi connectivity index (χ2v) is 6.28. The molecule has 0 aliphatic rings. The lowest BCUT2D eigenvalue weighted by atomic mass is 10.1. The summed E-state index contributed by atoms with van der Waals surface area (Å²) in [6.45, 7) is 0. The number of hydrogen-bond donors (Lipinski definition) is 0. The van der Waals surface area contributed by atoms with Gasteiger partial charge in [-0.2, -0.15) is 5.26 Å². The highest BCUT2D eigenvalue weighted by atomic mass is 32.1. The maximum Gasteiger partial charge on any atom is 0.193 e. The summed E-state index contributed by atoms with van der Waals surface area (Å²) in [5, 5.41) is 12.3. The summed E-state index contributed by atoms with van der Waals surface area (Å²) in [6.07, 6.45) is 3.86. The van der Waals surface area contributed by atoms with E-state index in [1.54, 1.807) is 22.7 Å². The van der Waals surface area contributed by atoms with Crippen LogP contribution in [-0.4, -0.2) is 14.4 Å². The highest BCUT2D eigenvalue weighted by molar-refractivity contribution is 7.18. The lowest BCUT2D eigenvalue weighted by Crippen LogP contribution is -1.97. The monoisotopic (exact) mass is 296 g/mol. The number of fused-ring (bicyclic) bond motifs is 2. The van der Waals surface area contributed by atoms with Gasteiger partial charge in [-0.15, -0.1) is 22.7 Å². The molecule has 0 fully saturated rings. The van der Waals surface area contributed by atoms with E-state index in [0.717, 1.165) is 25.9 Å². The Bertz CT molecular complexity index is 879. The molecule has 1 atom stereocenters. The van der Waals surface area contributed by atoms with Crippen molar-refractivity contribution >= 4 is 37.9 Å². The van der Waals surface area contributed by atoms with Crippen LogP contribution in [0.1, 0.15) is 16.6 Å². The van der Waals surface area contributed by atoms with E-state index in [1.807, 2.05) is 46.4 Å². The van der Waals surface area contributed by atoms with E-state index >= 15 is 0 Å². The van der Waals surface area contributed by atoms with Gasteiger partial charge in [-0.25, -0.2) is 9.97 Å². The van der Waals surface area contributed by atoms with Crippen LogP contribution in [0.5, 0.6) is 0 Å². The van der Waals surface area contributed by atoms with Crippen molar-refractivity contribution in [3.05, 3.63) is 52.7 Å². The second-order valence-electron chi connectivity index (χ2n) is 4.34. The van der Waals surface area contributed by atoms with Crippen molar-refractivity contribution < 1.29 is 0 Å². The van der Waals surface area contributed by atoms with Crippen molar-refractivity contribution in [2.24, 2.45) is 0 Å². The van der Waals surface area contributed by atoms with Crippen LogP contribution < -0.4 is 0 Å². The summed E-state index contributed by atoms with van der Waals surface area (Å²) in [5.74, 6) is -0.403. The Morgan fingerprint density at radius 1 is 1.25 bits per heavy atom. The Kier molecular flexibility index (Phi) is 2.55. The second kappa shape index (κ2) is 4.40. The molecule has 1 unspecified atom stereocenters. The Morgan fingerprint density at radius 3 is 2.95 bits per heavy atom. The van der Waals surface area contributed by atoms with Gasteiger partial charge in [-0.3, -0.25) is 4.40 Å². The number of nitrogens with zero attached hydrogens (tertiary/aromatic N) is 4. The highest BCUT2D eigenvalue weighted by Gasteiger charge is 2.21. The molecule has 4 aromatic rings. The average molecular weight is 296 g/mol. The largest absolute Gasteiger partial charge is 0.297 e. The zero-order valence-electron chi connectivity index (χ0n) is 10.2. The number of rotatable bonds is 2. The Labute approximate surface area is 122 Å². The van der Waals surface area contributed by atoms with Crippen molar-refractivity contribution in [2.45, 2.75) is 5.92 Å². The minimum absolute atomic E-state index is 0.403. The molecule has 0 radical (unpaired) electrons. The van der Waals surface area contributed by atoms with Crippen LogP contribution in [0.2, 0.25) is 0 Å². The number of para-hydroxylation sites is 1. The van der Waals surface area contributed by atoms with E-state index in [0.29, 0.717) is 0 Å². The molecular formula is C14H8N4S2. The molecule has 0 aliphatic heterocycles. The van der Waals surface area contributed by atoms with Gasteiger partial charge in [0, 0.05) is 17.8 Å². The first-order chi connectivity index (χ1) is 9.85. The molecule has 0 amide bonds. The Morgan fingerprint density at radius 2 is 2.15 bits per heavy atom. The van der Waals surface area contributed by atoms with Crippen molar-refractivity contribution in [1.82, 2.24) is 14.4 Å². The third kappa shape index (κ3) is 1.72. The molecule has 6 heteroatoms. The number of nitriles is 1. The van der Waals surface area contributed by atoms with Gasteiger partial charge in [0.15, 0.2) is 4.96 Å². The number of benzene rings is 1. The molecule has 4 rings (SSSR count). The van der Waals surface area contributed by atoms with Crippen molar-refractivity contribution in [2.75, 3.05) is 0 Å². The van der Waals surface area contributed by atoms with Gasteiger partial charge in [0.2, 0.25) is 0 Å². The van der Waals surface area contributed by atoms with E-state index in [2.05, 4.69) is 16.0 Å². The van der Waals surface area contributed by atoms with Crippen molar-refractivity contribution in [3.63, 3.8) is 0 Å². The Hall–Kier alpha value is -2.23. The summed E-state index contributed by atoms with van der Waals surface area (Å²) in [4.78, 5) is 9.99. The minimum atomic E-state index is -0.403. The summed E-state index contributed by atoms with van der Waals surface area (Å²) < 4.78 is 3.04. The van der Waals surface area contributed by atoms with Crippen LogP contribution in [-0.2, 0) is 0 Å². The molecule has 3 heterocycles. The smallest absolute Gasteiger partial charge is 0.193 e. The molecule has 0 saturated heterocycles. The zero-order valence-corrected chi connectivity index (χ0v) is 11.9. The third-order valence-electron chi connectivity index (χ3n) is 3.09. The van der Waals surface area contributed by atoms with Gasteiger partial charge >= 0.3 is 0 Å². The van der Waals surface area contributed by atoms with Crippen LogP contribution in [0.15, 0.2) is 42.0 Å². The third-order valence-corrected chi connectivity index (χ3v) is 4.97. The lowest BCUT2D eigenvalue weighted by molar-refractivity contribution is 0.973. The summed E-state index contributed by atoms with van der Waals surface area (Å²) >= 11 is 3.12. The number of imidazole rings is 1. The predicted octanol–water partition coefficient (Wildman–Crippen LogP) is 3.66. The maximum atomic E-state index is 9.49. The summed E-state index contributed by atoms with van der Waals surface area (Å²) in [6, 6.07) is 10.3. The van der Waals surface area contributed by atoms with Gasteiger partial charge in [-0.05, 0) is 12.1 Å². The van der Waals surface area contributed by atoms with Crippen LogP contribution in [0.3, 0.4) is 0 Å². The van der Waals surface area contributed by atoms with Crippen molar-refractivity contribution in [3.8, 4) is 6.07 Å². The average Bonchev–Trinajstić information content (AvgIpc) is 3.12. The zero-order chi connectivity index (χ0) is 13.5. The van der Waals surface area contributed by atoms with Gasteiger partial charge in [-0.1, -0.05) is 12.1 Å². The first-order valence-electron chi connectivity index (χ1n) is 6.02. The highest BCUT2D eigenvalue weighted by Crippen LogP contribution is 2.31. The molecule has 1 aromatic carbocycles. The van der Waals surface area contributed by atoms with E-state index in [4.69, 9.17) is 0 Å². The topological polar surface area (TPSA) is 54.0 Å². The SMILES string of the molecule is N#CC(c1cn2ccsc2n1)c1nc2ccccc2s1. The molecule has 0 aliphatic carbocycles. The first kappa shape index (κ1) is 11.6. The molecule has 96 valence electrons. The molecule has 0 bridgehead atoms. The van der Waals surface area contributed by atoms with E-state index < -0.39 is 5.92 Å². The fraction of sp³-hybridized carbons (Fsp3) is 0.0714. The molecule has 20 heavy (non-hydrogen) atoms. The van der Waals surface area contributed by atoms with Gasteiger partial charge in [0.25, 0.3) is 0 Å². The maximum absolute atomic E-state index is 9.49. The molecule has 0 saturated carbocycles. The molecule has 0 spiro atoms. The first-order valence-corrected chi connectivity index (χ1v) is 7.72. The van der Waals surface area contributed by atoms with Crippen molar-refractivity contribution in [1.29, 1.82) is 5.26 Å². The fourth-order valence-corrected chi connectivity index (χ4v) is 3.88. The van der Waals surface area contributed by atoms with Crippen LogP contribution in [0.25, 0.3) is 15.2 Å². The predicted molar refractivity (Wildman–Crippen MR) is 80.1 cm³/mol. The summed E-state index contributed by atoms with van der Waals surface area (Å²) in [7, 11) is 0. The van der Waals surface area contributed by atoms with Crippen LogP contribution >= 0.6 is 22.7 Å². The number of thiazole rings is 2. The van der Waals surface area contributed by atoms with E-state index in [1.165, 1.54) is 0 Å². The normalized spacial score (nSPS) is 12.8. The fourth-order valence-electron chi connectivity index (χ4n) is 2.15.